The Balaban J connectivity index is 0.892. The minimum atomic E-state index is 0.806. The molecule has 0 aliphatic rings. The predicted molar refractivity (Wildman–Crippen MR) is 327 cm³/mol. The molecule has 2 aromatic heterocycles. The van der Waals surface area contributed by atoms with Crippen molar-refractivity contribution < 1.29 is 8.83 Å². The molecule has 0 radical (unpaired) electrons. The average Bonchev–Trinajstić information content (AvgIpc) is 4.27. The Hall–Kier alpha value is -10.4. The molecule has 15 aromatic rings. The molecule has 0 aliphatic carbocycles. The number of rotatable bonds is 10. The van der Waals surface area contributed by atoms with Gasteiger partial charge in [-0.1, -0.05) is 218 Å². The third-order valence-electron chi connectivity index (χ3n) is 15.4. The lowest BCUT2D eigenvalue weighted by molar-refractivity contribution is 0.664. The maximum absolute atomic E-state index is 7.10. The number of fused-ring (bicyclic) bond motifs is 10. The fraction of sp³-hybridized carbons (Fsp3) is 0. The van der Waals surface area contributed by atoms with Crippen molar-refractivity contribution in [3.05, 3.63) is 291 Å². The second-order valence-corrected chi connectivity index (χ2v) is 20.0. The van der Waals surface area contributed by atoms with Crippen LogP contribution < -0.4 is 9.80 Å². The molecular weight excluding hydrogens is 949 g/mol. The van der Waals surface area contributed by atoms with Crippen LogP contribution in [-0.2, 0) is 0 Å². The Morgan fingerprint density at radius 2 is 0.436 bits per heavy atom. The molecule has 0 saturated carbocycles. The number of nitrogens with zero attached hydrogens (tertiary/aromatic N) is 2. The number of hydrogen-bond donors (Lipinski definition) is 0. The van der Waals surface area contributed by atoms with Crippen LogP contribution in [0.3, 0.4) is 0 Å². The van der Waals surface area contributed by atoms with E-state index in [0.717, 1.165) is 122 Å². The molecule has 15 rings (SSSR count). The van der Waals surface area contributed by atoms with E-state index in [1.54, 1.807) is 0 Å². The SMILES string of the molecule is c1ccc(-c2ccc(N(c3ccc(-c4ccccc4)cc3)c3cc4oc5cc6c(cc5c4c4ccccc34)oc3cc(N(c4ccc(-c5ccccc5)cc4)c4ccc(-c5ccccc5)cc4)c4ccccc4c36)cc2)cc1. The summed E-state index contributed by atoms with van der Waals surface area (Å²) in [5, 5.41) is 8.56. The van der Waals surface area contributed by atoms with Gasteiger partial charge in [0.1, 0.15) is 22.3 Å². The topological polar surface area (TPSA) is 32.8 Å². The quantitative estimate of drug-likeness (QED) is 0.137. The van der Waals surface area contributed by atoms with Gasteiger partial charge in [0, 0.05) is 67.2 Å². The summed E-state index contributed by atoms with van der Waals surface area (Å²) in [5.41, 5.74) is 18.8. The van der Waals surface area contributed by atoms with E-state index < -0.39 is 0 Å². The maximum Gasteiger partial charge on any atom is 0.138 e. The molecule has 0 N–H and O–H groups in total. The van der Waals surface area contributed by atoms with E-state index in [-0.39, 0.29) is 0 Å². The van der Waals surface area contributed by atoms with Crippen LogP contribution in [0.25, 0.3) is 110 Å². The molecular formula is C74H48N2O2. The molecule has 13 aromatic carbocycles. The first kappa shape index (κ1) is 45.0. The largest absolute Gasteiger partial charge is 0.456 e. The van der Waals surface area contributed by atoms with Crippen LogP contribution in [0.2, 0.25) is 0 Å². The van der Waals surface area contributed by atoms with E-state index in [1.807, 2.05) is 0 Å². The maximum atomic E-state index is 7.10. The lowest BCUT2D eigenvalue weighted by Gasteiger charge is -2.27. The van der Waals surface area contributed by atoms with Crippen molar-refractivity contribution in [3.63, 3.8) is 0 Å². The smallest absolute Gasteiger partial charge is 0.138 e. The number of furan rings is 2. The molecule has 0 atom stereocenters. The van der Waals surface area contributed by atoms with Crippen LogP contribution in [-0.4, -0.2) is 0 Å². The van der Waals surface area contributed by atoms with Crippen molar-refractivity contribution >= 4 is 99.5 Å². The van der Waals surface area contributed by atoms with E-state index >= 15 is 0 Å². The van der Waals surface area contributed by atoms with E-state index in [0.29, 0.717) is 0 Å². The lowest BCUT2D eigenvalue weighted by Crippen LogP contribution is -2.10. The van der Waals surface area contributed by atoms with E-state index in [4.69, 9.17) is 8.83 Å². The zero-order valence-electron chi connectivity index (χ0n) is 42.4. The summed E-state index contributed by atoms with van der Waals surface area (Å²) >= 11 is 0. The highest BCUT2D eigenvalue weighted by Crippen LogP contribution is 2.49. The zero-order valence-corrected chi connectivity index (χ0v) is 42.4. The lowest BCUT2D eigenvalue weighted by atomic mass is 9.98. The summed E-state index contributed by atoms with van der Waals surface area (Å²) in [7, 11) is 0. The molecule has 366 valence electrons. The van der Waals surface area contributed by atoms with Crippen molar-refractivity contribution in [1.29, 1.82) is 0 Å². The minimum absolute atomic E-state index is 0.806. The molecule has 0 amide bonds. The van der Waals surface area contributed by atoms with E-state index in [9.17, 15) is 0 Å². The van der Waals surface area contributed by atoms with Gasteiger partial charge >= 0.3 is 0 Å². The standard InChI is InChI=1S/C74H48N2O2/c1-5-17-49(18-6-1)53-29-37-57(38-30-53)75(58-39-31-54(32-40-58)50-19-7-2-8-20-50)67-47-71-73(63-27-15-13-25-61(63)67)65-45-70-66(46-69(65)77-71)74-64-28-16-14-26-62(64)68(48-72(74)78-70)76(59-41-33-55(34-42-59)51-21-9-3-10-22-51)60-43-35-56(36-44-60)52-23-11-4-12-24-52/h1-48H. The second-order valence-electron chi connectivity index (χ2n) is 20.0. The van der Waals surface area contributed by atoms with Crippen LogP contribution in [0.15, 0.2) is 300 Å². The van der Waals surface area contributed by atoms with Crippen molar-refractivity contribution in [1.82, 2.24) is 0 Å². The predicted octanol–water partition coefficient (Wildman–Crippen LogP) is 21.4. The highest BCUT2D eigenvalue weighted by molar-refractivity contribution is 6.28. The fourth-order valence-corrected chi connectivity index (χ4v) is 11.7. The second kappa shape index (κ2) is 18.7. The van der Waals surface area contributed by atoms with Gasteiger partial charge in [0.25, 0.3) is 0 Å². The van der Waals surface area contributed by atoms with E-state index in [2.05, 4.69) is 301 Å². The van der Waals surface area contributed by atoms with Crippen LogP contribution in [0, 0.1) is 0 Å². The van der Waals surface area contributed by atoms with Crippen molar-refractivity contribution in [3.8, 4) is 44.5 Å². The highest BCUT2D eigenvalue weighted by atomic mass is 16.3. The van der Waals surface area contributed by atoms with Crippen molar-refractivity contribution in [2.24, 2.45) is 0 Å². The number of hydrogen-bond acceptors (Lipinski definition) is 4. The molecule has 4 heteroatoms. The Bertz CT molecular complexity index is 4200. The third-order valence-corrected chi connectivity index (χ3v) is 15.4. The van der Waals surface area contributed by atoms with E-state index in [1.165, 1.54) is 22.3 Å². The molecule has 2 heterocycles. The van der Waals surface area contributed by atoms with Gasteiger partial charge in [-0.05, 0) is 116 Å². The van der Waals surface area contributed by atoms with Crippen LogP contribution in [0.4, 0.5) is 34.1 Å². The summed E-state index contributed by atoms with van der Waals surface area (Å²) in [4.78, 5) is 4.72. The molecule has 0 unspecified atom stereocenters. The zero-order chi connectivity index (χ0) is 51.5. The number of benzene rings is 13. The monoisotopic (exact) mass is 996 g/mol. The summed E-state index contributed by atoms with van der Waals surface area (Å²) in [6.45, 7) is 0. The first-order valence-corrected chi connectivity index (χ1v) is 26.6. The third kappa shape index (κ3) is 7.77. The van der Waals surface area contributed by atoms with Gasteiger partial charge in [-0.25, -0.2) is 0 Å². The summed E-state index contributed by atoms with van der Waals surface area (Å²) in [6.07, 6.45) is 0. The summed E-state index contributed by atoms with van der Waals surface area (Å²) < 4.78 is 14.2. The van der Waals surface area contributed by atoms with Gasteiger partial charge in [0.05, 0.1) is 11.4 Å². The van der Waals surface area contributed by atoms with Crippen LogP contribution >= 0.6 is 0 Å². The molecule has 78 heavy (non-hydrogen) atoms. The van der Waals surface area contributed by atoms with Gasteiger partial charge in [-0.15, -0.1) is 0 Å². The molecule has 0 fully saturated rings. The molecule has 0 saturated heterocycles. The normalized spacial score (nSPS) is 11.6. The minimum Gasteiger partial charge on any atom is -0.456 e. The number of anilines is 6. The van der Waals surface area contributed by atoms with Gasteiger partial charge < -0.3 is 18.6 Å². The Kier molecular flexibility index (Phi) is 10.8. The first-order valence-electron chi connectivity index (χ1n) is 26.6. The Labute approximate surface area is 451 Å². The molecule has 0 spiro atoms. The van der Waals surface area contributed by atoms with Gasteiger partial charge in [-0.3, -0.25) is 0 Å². The Morgan fingerprint density at radius 1 is 0.192 bits per heavy atom. The molecule has 4 nitrogen and oxygen atoms in total. The van der Waals surface area contributed by atoms with Crippen molar-refractivity contribution in [2.45, 2.75) is 0 Å². The van der Waals surface area contributed by atoms with Crippen LogP contribution in [0.1, 0.15) is 0 Å². The first-order chi connectivity index (χ1) is 38.7. The summed E-state index contributed by atoms with van der Waals surface area (Å²) in [5.74, 6) is 0. The molecule has 0 bridgehead atoms. The van der Waals surface area contributed by atoms with Crippen molar-refractivity contribution in [2.75, 3.05) is 9.80 Å². The Morgan fingerprint density at radius 3 is 0.718 bits per heavy atom. The van der Waals surface area contributed by atoms with Gasteiger partial charge in [-0.2, -0.15) is 0 Å². The fourth-order valence-electron chi connectivity index (χ4n) is 11.7. The van der Waals surface area contributed by atoms with Crippen LogP contribution in [0.5, 0.6) is 0 Å². The average molecular weight is 997 g/mol. The van der Waals surface area contributed by atoms with Gasteiger partial charge in [0.15, 0.2) is 0 Å². The summed E-state index contributed by atoms with van der Waals surface area (Å²) in [6, 6.07) is 104. The van der Waals surface area contributed by atoms with Gasteiger partial charge in [0.2, 0.25) is 0 Å². The highest BCUT2D eigenvalue weighted by Gasteiger charge is 2.25. The molecule has 0 aliphatic heterocycles.